The highest BCUT2D eigenvalue weighted by Gasteiger charge is 2.19. The highest BCUT2D eigenvalue weighted by atomic mass is 32.2. The number of amides is 1. The zero-order chi connectivity index (χ0) is 18.4. The van der Waals surface area contributed by atoms with Gasteiger partial charge >= 0.3 is 0 Å². The number of carbonyl (C=O) groups is 1. The van der Waals surface area contributed by atoms with Crippen LogP contribution in [-0.4, -0.2) is 44.4 Å². The molecule has 0 atom stereocenters. The number of thioether (sulfide) groups is 1. The van der Waals surface area contributed by atoms with Gasteiger partial charge in [-0.25, -0.2) is 0 Å². The average molecular weight is 373 g/mol. The first-order valence-electron chi connectivity index (χ1n) is 9.60. The Hall–Kier alpha value is -1.82. The molecule has 1 saturated heterocycles. The molecule has 1 amide bonds. The lowest BCUT2D eigenvalue weighted by Crippen LogP contribution is -2.35. The Labute approximate surface area is 160 Å². The van der Waals surface area contributed by atoms with E-state index in [4.69, 9.17) is 0 Å². The molecule has 1 fully saturated rings. The summed E-state index contributed by atoms with van der Waals surface area (Å²) < 4.78 is 2.10. The largest absolute Gasteiger partial charge is 0.342 e. The van der Waals surface area contributed by atoms with Gasteiger partial charge in [-0.2, -0.15) is 0 Å². The van der Waals surface area contributed by atoms with Gasteiger partial charge in [-0.1, -0.05) is 55.3 Å². The Morgan fingerprint density at radius 3 is 2.46 bits per heavy atom. The molecule has 1 aliphatic heterocycles. The van der Waals surface area contributed by atoms with Gasteiger partial charge in [0.2, 0.25) is 5.91 Å². The van der Waals surface area contributed by atoms with Crippen LogP contribution >= 0.6 is 11.8 Å². The summed E-state index contributed by atoms with van der Waals surface area (Å²) in [5, 5.41) is 9.59. The molecule has 2 aromatic rings. The van der Waals surface area contributed by atoms with Crippen LogP contribution < -0.4 is 0 Å². The summed E-state index contributed by atoms with van der Waals surface area (Å²) in [6.45, 7) is 6.76. The van der Waals surface area contributed by atoms with Crippen molar-refractivity contribution < 1.29 is 4.79 Å². The minimum absolute atomic E-state index is 0.222. The third-order valence-corrected chi connectivity index (χ3v) is 5.90. The fourth-order valence-electron chi connectivity index (χ4n) is 3.42. The summed E-state index contributed by atoms with van der Waals surface area (Å²) in [4.78, 5) is 14.6. The van der Waals surface area contributed by atoms with Crippen molar-refractivity contribution in [1.82, 2.24) is 19.7 Å². The lowest BCUT2D eigenvalue weighted by molar-refractivity contribution is -0.128. The van der Waals surface area contributed by atoms with E-state index in [1.165, 1.54) is 36.6 Å². The maximum atomic E-state index is 12.6. The van der Waals surface area contributed by atoms with Crippen molar-refractivity contribution in [2.45, 2.75) is 57.7 Å². The summed E-state index contributed by atoms with van der Waals surface area (Å²) in [6, 6.07) is 8.21. The van der Waals surface area contributed by atoms with Crippen molar-refractivity contribution in [3.8, 4) is 11.4 Å². The number of rotatable bonds is 5. The van der Waals surface area contributed by atoms with E-state index in [9.17, 15) is 4.79 Å². The molecule has 26 heavy (non-hydrogen) atoms. The van der Waals surface area contributed by atoms with E-state index >= 15 is 0 Å². The Kier molecular flexibility index (Phi) is 6.72. The van der Waals surface area contributed by atoms with Gasteiger partial charge in [-0.05, 0) is 32.3 Å². The van der Waals surface area contributed by atoms with Crippen molar-refractivity contribution >= 4 is 17.7 Å². The maximum Gasteiger partial charge on any atom is 0.233 e. The van der Waals surface area contributed by atoms with Gasteiger partial charge in [0.25, 0.3) is 0 Å². The molecular formula is C20H28N4OS. The third-order valence-electron chi connectivity index (χ3n) is 4.95. The average Bonchev–Trinajstić information content (AvgIpc) is 3.02. The zero-order valence-corrected chi connectivity index (χ0v) is 16.6. The minimum atomic E-state index is 0.222. The molecule has 0 radical (unpaired) electrons. The quantitative estimate of drug-likeness (QED) is 0.740. The van der Waals surface area contributed by atoms with E-state index in [1.807, 2.05) is 17.0 Å². The number of hydrogen-bond donors (Lipinski definition) is 0. The van der Waals surface area contributed by atoms with Crippen LogP contribution in [0.3, 0.4) is 0 Å². The maximum absolute atomic E-state index is 12.6. The minimum Gasteiger partial charge on any atom is -0.342 e. The number of nitrogens with zero attached hydrogens (tertiary/aromatic N) is 4. The van der Waals surface area contributed by atoms with E-state index in [1.54, 1.807) is 0 Å². The second-order valence-corrected chi connectivity index (χ2v) is 7.75. The van der Waals surface area contributed by atoms with Crippen LogP contribution in [-0.2, 0) is 11.3 Å². The number of hydrogen-bond acceptors (Lipinski definition) is 4. The van der Waals surface area contributed by atoms with Crippen LogP contribution in [0, 0.1) is 6.92 Å². The molecule has 3 rings (SSSR count). The molecule has 0 unspecified atom stereocenters. The zero-order valence-electron chi connectivity index (χ0n) is 15.8. The van der Waals surface area contributed by atoms with Crippen molar-refractivity contribution in [2.24, 2.45) is 0 Å². The van der Waals surface area contributed by atoms with E-state index in [-0.39, 0.29) is 5.91 Å². The Morgan fingerprint density at radius 2 is 1.77 bits per heavy atom. The number of carbonyl (C=O) groups excluding carboxylic acids is 1. The lowest BCUT2D eigenvalue weighted by atomic mass is 10.1. The van der Waals surface area contributed by atoms with Gasteiger partial charge in [-0.15, -0.1) is 10.2 Å². The normalized spacial score (nSPS) is 15.5. The van der Waals surface area contributed by atoms with Crippen LogP contribution in [0.1, 0.15) is 44.6 Å². The van der Waals surface area contributed by atoms with Crippen LogP contribution in [0.25, 0.3) is 11.4 Å². The second-order valence-electron chi connectivity index (χ2n) is 6.80. The standard InChI is InChI=1S/C20H28N4OS/c1-3-24-19(17-12-8-7-11-16(17)2)21-22-20(24)26-15-18(25)23-13-9-5-4-6-10-14-23/h7-8,11-12H,3-6,9-10,13-15H2,1-2H3. The van der Waals surface area contributed by atoms with Crippen molar-refractivity contribution in [3.63, 3.8) is 0 Å². The molecule has 1 aliphatic rings. The molecule has 0 spiro atoms. The predicted octanol–water partition coefficient (Wildman–Crippen LogP) is 4.16. The van der Waals surface area contributed by atoms with Gasteiger partial charge in [0.15, 0.2) is 11.0 Å². The smallest absolute Gasteiger partial charge is 0.233 e. The molecule has 0 aliphatic carbocycles. The fourth-order valence-corrected chi connectivity index (χ4v) is 4.32. The summed E-state index contributed by atoms with van der Waals surface area (Å²) in [6.07, 6.45) is 6.03. The van der Waals surface area contributed by atoms with Crippen molar-refractivity contribution in [2.75, 3.05) is 18.8 Å². The first kappa shape index (κ1) is 19.0. The number of aromatic nitrogens is 3. The molecule has 1 aromatic heterocycles. The molecule has 6 heteroatoms. The molecule has 1 aromatic carbocycles. The fraction of sp³-hybridized carbons (Fsp3) is 0.550. The molecule has 140 valence electrons. The lowest BCUT2D eigenvalue weighted by Gasteiger charge is -2.24. The van der Waals surface area contributed by atoms with Crippen LogP contribution in [0.15, 0.2) is 29.4 Å². The highest BCUT2D eigenvalue weighted by molar-refractivity contribution is 7.99. The van der Waals surface area contributed by atoms with Crippen LogP contribution in [0.4, 0.5) is 0 Å². The first-order chi connectivity index (χ1) is 12.7. The van der Waals surface area contributed by atoms with E-state index in [0.29, 0.717) is 5.75 Å². The Bertz CT molecular complexity index is 735. The van der Waals surface area contributed by atoms with E-state index in [2.05, 4.69) is 40.7 Å². The summed E-state index contributed by atoms with van der Waals surface area (Å²) in [5.41, 5.74) is 2.28. The van der Waals surface area contributed by atoms with Gasteiger partial charge < -0.3 is 9.47 Å². The van der Waals surface area contributed by atoms with Gasteiger partial charge in [0.05, 0.1) is 5.75 Å². The topological polar surface area (TPSA) is 51.0 Å². The van der Waals surface area contributed by atoms with E-state index in [0.717, 1.165) is 49.0 Å². The second kappa shape index (κ2) is 9.21. The van der Waals surface area contributed by atoms with Crippen molar-refractivity contribution in [1.29, 1.82) is 0 Å². The molecule has 0 saturated carbocycles. The summed E-state index contributed by atoms with van der Waals surface area (Å²) in [5.74, 6) is 1.54. The molecule has 5 nitrogen and oxygen atoms in total. The van der Waals surface area contributed by atoms with Crippen molar-refractivity contribution in [3.05, 3.63) is 29.8 Å². The molecular weight excluding hydrogens is 344 g/mol. The summed E-state index contributed by atoms with van der Waals surface area (Å²) in [7, 11) is 0. The monoisotopic (exact) mass is 372 g/mol. The molecule has 0 N–H and O–H groups in total. The van der Waals surface area contributed by atoms with Gasteiger partial charge in [-0.3, -0.25) is 4.79 Å². The SMILES string of the molecule is CCn1c(SCC(=O)N2CCCCCCC2)nnc1-c1ccccc1C. The first-order valence-corrected chi connectivity index (χ1v) is 10.6. The molecule has 2 heterocycles. The number of benzene rings is 1. The van der Waals surface area contributed by atoms with Gasteiger partial charge in [0.1, 0.15) is 0 Å². The van der Waals surface area contributed by atoms with E-state index < -0.39 is 0 Å². The third kappa shape index (κ3) is 4.47. The highest BCUT2D eigenvalue weighted by Crippen LogP contribution is 2.26. The van der Waals surface area contributed by atoms with Gasteiger partial charge in [0, 0.05) is 25.2 Å². The Balaban J connectivity index is 1.68. The number of likely N-dealkylation sites (tertiary alicyclic amines) is 1. The predicted molar refractivity (Wildman–Crippen MR) is 106 cm³/mol. The van der Waals surface area contributed by atoms with Crippen LogP contribution in [0.5, 0.6) is 0 Å². The Morgan fingerprint density at radius 1 is 1.08 bits per heavy atom. The van der Waals surface area contributed by atoms with Crippen LogP contribution in [0.2, 0.25) is 0 Å². The number of aryl methyl sites for hydroxylation is 1. The molecule has 0 bridgehead atoms. The summed E-state index contributed by atoms with van der Waals surface area (Å²) >= 11 is 1.50.